The number of amides is 1. The van der Waals surface area contributed by atoms with E-state index in [9.17, 15) is 9.59 Å². The maximum absolute atomic E-state index is 12.5. The second kappa shape index (κ2) is 13.0. The van der Waals surface area contributed by atoms with Gasteiger partial charge in [0.1, 0.15) is 11.5 Å². The van der Waals surface area contributed by atoms with Gasteiger partial charge in [0.15, 0.2) is 0 Å². The SMILES string of the molecule is COc1ccc2cc(-c3cc(-c4ccc(OCC5CC5)c(Cl)c4)nn3[C@@H](C)c3ccc(C(=O)NCCC(=O)O)cc3)ccc2c1. The van der Waals surface area contributed by atoms with Crippen molar-refractivity contribution in [1.82, 2.24) is 15.1 Å². The van der Waals surface area contributed by atoms with E-state index < -0.39 is 5.97 Å². The normalized spacial score (nSPS) is 13.4. The van der Waals surface area contributed by atoms with E-state index in [-0.39, 0.29) is 24.9 Å². The average molecular weight is 624 g/mol. The molecule has 6 rings (SSSR count). The number of methoxy groups -OCH3 is 1. The summed E-state index contributed by atoms with van der Waals surface area (Å²) in [5.41, 5.74) is 5.00. The first-order chi connectivity index (χ1) is 21.8. The number of aliphatic carboxylic acids is 1. The van der Waals surface area contributed by atoms with Gasteiger partial charge in [-0.05, 0) is 96.6 Å². The molecule has 230 valence electrons. The lowest BCUT2D eigenvalue weighted by molar-refractivity contribution is -0.136. The Kier molecular flexibility index (Phi) is 8.76. The predicted molar refractivity (Wildman–Crippen MR) is 175 cm³/mol. The number of hydrogen-bond donors (Lipinski definition) is 2. The van der Waals surface area contributed by atoms with Crippen molar-refractivity contribution >= 4 is 34.2 Å². The number of carbonyl (C=O) groups is 2. The number of rotatable bonds is 12. The minimum Gasteiger partial charge on any atom is -0.497 e. The maximum atomic E-state index is 12.5. The van der Waals surface area contributed by atoms with Gasteiger partial charge in [0.2, 0.25) is 0 Å². The molecule has 1 saturated carbocycles. The molecule has 1 aliphatic carbocycles. The highest BCUT2D eigenvalue weighted by Crippen LogP contribution is 2.37. The summed E-state index contributed by atoms with van der Waals surface area (Å²) in [6.45, 7) is 2.82. The average Bonchev–Trinajstić information content (AvgIpc) is 3.78. The Hall–Kier alpha value is -4.82. The number of carboxylic acid groups (broad SMARTS) is 1. The second-order valence-corrected chi connectivity index (χ2v) is 11.8. The molecule has 9 heteroatoms. The van der Waals surface area contributed by atoms with Crippen LogP contribution in [-0.4, -0.2) is 47.0 Å². The van der Waals surface area contributed by atoms with E-state index in [0.29, 0.717) is 28.9 Å². The standard InChI is InChI=1S/C36H34ClN3O5/c1-22(24-5-7-25(8-6-24)36(43)38-16-15-35(41)42)40-33(29-10-9-27-18-30(44-2)13-11-26(27)17-29)20-32(39-40)28-12-14-34(31(37)19-28)45-21-23-3-4-23/h5-14,17-20,22-23H,3-4,15-16,21H2,1-2H3,(H,38,43)(H,41,42)/t22-/m0/s1. The number of fused-ring (bicyclic) bond motifs is 1. The van der Waals surface area contributed by atoms with Crippen molar-refractivity contribution in [3.8, 4) is 34.0 Å². The summed E-state index contributed by atoms with van der Waals surface area (Å²) in [5.74, 6) is 0.838. The van der Waals surface area contributed by atoms with Crippen molar-refractivity contribution in [1.29, 1.82) is 0 Å². The summed E-state index contributed by atoms with van der Waals surface area (Å²) in [5, 5.41) is 19.3. The molecule has 4 aromatic carbocycles. The number of carboxylic acids is 1. The topological polar surface area (TPSA) is 103 Å². The molecule has 1 amide bonds. The molecule has 8 nitrogen and oxygen atoms in total. The summed E-state index contributed by atoms with van der Waals surface area (Å²) >= 11 is 6.65. The van der Waals surface area contributed by atoms with Crippen LogP contribution in [0.3, 0.4) is 0 Å². The number of nitrogens with zero attached hydrogens (tertiary/aromatic N) is 2. The van der Waals surface area contributed by atoms with Crippen LogP contribution < -0.4 is 14.8 Å². The number of hydrogen-bond acceptors (Lipinski definition) is 5. The molecular formula is C36H34ClN3O5. The zero-order chi connectivity index (χ0) is 31.5. The second-order valence-electron chi connectivity index (χ2n) is 11.4. The molecule has 0 unspecified atom stereocenters. The monoisotopic (exact) mass is 623 g/mol. The molecule has 1 fully saturated rings. The quantitative estimate of drug-likeness (QED) is 0.148. The lowest BCUT2D eigenvalue weighted by Gasteiger charge is -2.17. The highest BCUT2D eigenvalue weighted by Gasteiger charge is 2.23. The van der Waals surface area contributed by atoms with Crippen LogP contribution in [0.4, 0.5) is 0 Å². The largest absolute Gasteiger partial charge is 0.497 e. The van der Waals surface area contributed by atoms with Crippen molar-refractivity contribution in [2.24, 2.45) is 5.92 Å². The Balaban J connectivity index is 1.33. The Morgan fingerprint density at radius 1 is 0.978 bits per heavy atom. The van der Waals surface area contributed by atoms with Crippen molar-refractivity contribution in [2.45, 2.75) is 32.2 Å². The molecule has 1 aliphatic rings. The molecular weight excluding hydrogens is 590 g/mol. The van der Waals surface area contributed by atoms with Gasteiger partial charge in [-0.25, -0.2) is 0 Å². The minimum atomic E-state index is -0.958. The molecule has 0 saturated heterocycles. The van der Waals surface area contributed by atoms with Crippen LogP contribution in [-0.2, 0) is 4.79 Å². The summed E-state index contributed by atoms with van der Waals surface area (Å²) < 4.78 is 13.3. The van der Waals surface area contributed by atoms with Gasteiger partial charge >= 0.3 is 5.97 Å². The fourth-order valence-corrected chi connectivity index (χ4v) is 5.50. The van der Waals surface area contributed by atoms with Gasteiger partial charge in [0.25, 0.3) is 5.91 Å². The van der Waals surface area contributed by atoms with E-state index in [1.807, 2.05) is 53.2 Å². The molecule has 2 N–H and O–H groups in total. The highest BCUT2D eigenvalue weighted by atomic mass is 35.5. The van der Waals surface area contributed by atoms with Gasteiger partial charge in [-0.15, -0.1) is 0 Å². The molecule has 0 radical (unpaired) electrons. The zero-order valence-corrected chi connectivity index (χ0v) is 25.9. The summed E-state index contributed by atoms with van der Waals surface area (Å²) in [6.07, 6.45) is 2.28. The van der Waals surface area contributed by atoms with Gasteiger partial charge in [-0.2, -0.15) is 5.10 Å². The van der Waals surface area contributed by atoms with E-state index in [0.717, 1.165) is 44.6 Å². The first-order valence-electron chi connectivity index (χ1n) is 15.0. The summed E-state index contributed by atoms with van der Waals surface area (Å²) in [6, 6.07) is 27.3. The first-order valence-corrected chi connectivity index (χ1v) is 15.4. The summed E-state index contributed by atoms with van der Waals surface area (Å²) in [7, 11) is 1.66. The zero-order valence-electron chi connectivity index (χ0n) is 25.1. The third-order valence-electron chi connectivity index (χ3n) is 8.12. The van der Waals surface area contributed by atoms with Gasteiger partial charge < -0.3 is 19.9 Å². The van der Waals surface area contributed by atoms with Crippen LogP contribution in [0.2, 0.25) is 5.02 Å². The third kappa shape index (κ3) is 6.97. The molecule has 0 spiro atoms. The van der Waals surface area contributed by atoms with Crippen molar-refractivity contribution in [3.05, 3.63) is 101 Å². The van der Waals surface area contributed by atoms with E-state index in [4.69, 9.17) is 31.3 Å². The number of benzene rings is 4. The predicted octanol–water partition coefficient (Wildman–Crippen LogP) is 7.63. The van der Waals surface area contributed by atoms with E-state index >= 15 is 0 Å². The highest BCUT2D eigenvalue weighted by molar-refractivity contribution is 6.32. The molecule has 5 aromatic rings. The molecule has 1 atom stereocenters. The van der Waals surface area contributed by atoms with E-state index in [2.05, 4.69) is 36.5 Å². The summed E-state index contributed by atoms with van der Waals surface area (Å²) in [4.78, 5) is 23.3. The number of aromatic nitrogens is 2. The van der Waals surface area contributed by atoms with Crippen LogP contribution in [0.5, 0.6) is 11.5 Å². The van der Waals surface area contributed by atoms with E-state index in [1.54, 1.807) is 19.2 Å². The first kappa shape index (κ1) is 30.2. The fourth-order valence-electron chi connectivity index (χ4n) is 5.27. The maximum Gasteiger partial charge on any atom is 0.305 e. The van der Waals surface area contributed by atoms with Gasteiger partial charge in [-0.1, -0.05) is 41.9 Å². The molecule has 1 heterocycles. The van der Waals surface area contributed by atoms with Crippen LogP contribution >= 0.6 is 11.6 Å². The number of nitrogens with one attached hydrogen (secondary N) is 1. The Morgan fingerprint density at radius 2 is 1.71 bits per heavy atom. The lowest BCUT2D eigenvalue weighted by Crippen LogP contribution is -2.26. The van der Waals surface area contributed by atoms with Crippen molar-refractivity contribution < 1.29 is 24.2 Å². The van der Waals surface area contributed by atoms with Crippen molar-refractivity contribution in [2.75, 3.05) is 20.3 Å². The van der Waals surface area contributed by atoms with E-state index in [1.165, 1.54) is 12.8 Å². The van der Waals surface area contributed by atoms with Gasteiger partial charge in [0, 0.05) is 23.2 Å². The van der Waals surface area contributed by atoms with Crippen LogP contribution in [0.1, 0.15) is 48.1 Å². The molecule has 1 aromatic heterocycles. The number of halogens is 1. The van der Waals surface area contributed by atoms with Crippen LogP contribution in [0, 0.1) is 5.92 Å². The fraction of sp³-hybridized carbons (Fsp3) is 0.250. The third-order valence-corrected chi connectivity index (χ3v) is 8.42. The van der Waals surface area contributed by atoms with Crippen LogP contribution in [0.25, 0.3) is 33.3 Å². The minimum absolute atomic E-state index is 0.0714. The van der Waals surface area contributed by atoms with Crippen molar-refractivity contribution in [3.63, 3.8) is 0 Å². The Labute approximate surface area is 266 Å². The number of carbonyl (C=O) groups excluding carboxylic acids is 1. The smallest absolute Gasteiger partial charge is 0.305 e. The Morgan fingerprint density at radius 3 is 2.42 bits per heavy atom. The Bertz CT molecular complexity index is 1860. The molecule has 45 heavy (non-hydrogen) atoms. The lowest BCUT2D eigenvalue weighted by atomic mass is 10.0. The van der Waals surface area contributed by atoms with Gasteiger partial charge in [-0.3, -0.25) is 14.3 Å². The van der Waals surface area contributed by atoms with Gasteiger partial charge in [0.05, 0.1) is 42.6 Å². The van der Waals surface area contributed by atoms with Crippen LogP contribution in [0.15, 0.2) is 84.9 Å². The molecule has 0 aliphatic heterocycles. The number of ether oxygens (including phenoxy) is 2. The molecule has 0 bridgehead atoms.